The summed E-state index contributed by atoms with van der Waals surface area (Å²) in [5.74, 6) is -0.809. The number of amides is 3. The van der Waals surface area contributed by atoms with Gasteiger partial charge in [-0.15, -0.1) is 0 Å². The van der Waals surface area contributed by atoms with Crippen LogP contribution in [0.25, 0.3) is 16.8 Å². The summed E-state index contributed by atoms with van der Waals surface area (Å²) in [5.41, 5.74) is 13.4. The van der Waals surface area contributed by atoms with E-state index in [1.165, 1.54) is 17.8 Å². The van der Waals surface area contributed by atoms with Crippen molar-refractivity contribution in [2.45, 2.75) is 6.92 Å². The standard InChI is InChI=1S/C19H17N5O3/c1-11(25)12-4-2-5-13(8-12)14-6-3-7-15(9-14)24-10-16(22-19(21)27)17(23-24)18(20)26/h2-10H,1H3,(H2,20,26)(H3,21,22,27). The van der Waals surface area contributed by atoms with Crippen LogP contribution in [-0.2, 0) is 0 Å². The number of ketones is 1. The Morgan fingerprint density at radius 2 is 1.67 bits per heavy atom. The van der Waals surface area contributed by atoms with Crippen LogP contribution in [0.5, 0.6) is 0 Å². The first-order valence-electron chi connectivity index (χ1n) is 8.03. The van der Waals surface area contributed by atoms with Gasteiger partial charge < -0.3 is 16.8 Å². The van der Waals surface area contributed by atoms with Crippen LogP contribution in [0.15, 0.2) is 54.7 Å². The summed E-state index contributed by atoms with van der Waals surface area (Å²) in [7, 11) is 0. The Balaban J connectivity index is 2.03. The van der Waals surface area contributed by atoms with E-state index < -0.39 is 11.9 Å². The lowest BCUT2D eigenvalue weighted by Crippen LogP contribution is -2.22. The molecular weight excluding hydrogens is 346 g/mol. The molecule has 0 spiro atoms. The summed E-state index contributed by atoms with van der Waals surface area (Å²) in [6.07, 6.45) is 1.45. The van der Waals surface area contributed by atoms with Gasteiger partial charge in [0.15, 0.2) is 11.5 Å². The number of hydrogen-bond donors (Lipinski definition) is 3. The molecular formula is C19H17N5O3. The zero-order chi connectivity index (χ0) is 19.6. The number of carbonyl (C=O) groups is 3. The maximum Gasteiger partial charge on any atom is 0.316 e. The van der Waals surface area contributed by atoms with Crippen molar-refractivity contribution in [2.24, 2.45) is 11.5 Å². The molecule has 8 heteroatoms. The van der Waals surface area contributed by atoms with Gasteiger partial charge in [0.05, 0.1) is 17.6 Å². The van der Waals surface area contributed by atoms with Crippen LogP contribution in [0.4, 0.5) is 10.5 Å². The third kappa shape index (κ3) is 3.84. The fourth-order valence-electron chi connectivity index (χ4n) is 2.66. The molecule has 2 aromatic carbocycles. The number of hydrogen-bond acceptors (Lipinski definition) is 4. The fourth-order valence-corrected chi connectivity index (χ4v) is 2.66. The molecule has 1 heterocycles. The molecule has 136 valence electrons. The number of nitrogens with zero attached hydrogens (tertiary/aromatic N) is 2. The monoisotopic (exact) mass is 363 g/mol. The Morgan fingerprint density at radius 1 is 1.00 bits per heavy atom. The first-order chi connectivity index (χ1) is 12.8. The van der Waals surface area contributed by atoms with Crippen LogP contribution in [0.3, 0.4) is 0 Å². The van der Waals surface area contributed by atoms with Crippen LogP contribution in [-0.4, -0.2) is 27.5 Å². The van der Waals surface area contributed by atoms with Crippen LogP contribution in [0, 0.1) is 0 Å². The predicted molar refractivity (Wildman–Crippen MR) is 101 cm³/mol. The Morgan fingerprint density at radius 3 is 2.30 bits per heavy atom. The number of benzene rings is 2. The van der Waals surface area contributed by atoms with Crippen molar-refractivity contribution in [1.29, 1.82) is 0 Å². The molecule has 0 aliphatic heterocycles. The molecule has 8 nitrogen and oxygen atoms in total. The first kappa shape index (κ1) is 17.9. The van der Waals surface area contributed by atoms with Gasteiger partial charge in [0, 0.05) is 5.56 Å². The summed E-state index contributed by atoms with van der Waals surface area (Å²) >= 11 is 0. The number of nitrogens with two attached hydrogens (primary N) is 2. The molecule has 0 saturated heterocycles. The lowest BCUT2D eigenvalue weighted by Gasteiger charge is -2.07. The molecule has 0 saturated carbocycles. The van der Waals surface area contributed by atoms with Crippen molar-refractivity contribution in [3.63, 3.8) is 0 Å². The van der Waals surface area contributed by atoms with Crippen LogP contribution < -0.4 is 16.8 Å². The number of nitrogens with one attached hydrogen (secondary N) is 1. The van der Waals surface area contributed by atoms with Crippen molar-refractivity contribution in [2.75, 3.05) is 5.32 Å². The topological polar surface area (TPSA) is 133 Å². The van der Waals surface area contributed by atoms with E-state index in [9.17, 15) is 14.4 Å². The number of primary amides is 2. The number of anilines is 1. The smallest absolute Gasteiger partial charge is 0.316 e. The van der Waals surface area contributed by atoms with Crippen molar-refractivity contribution in [3.05, 3.63) is 66.0 Å². The summed E-state index contributed by atoms with van der Waals surface area (Å²) in [4.78, 5) is 34.3. The minimum Gasteiger partial charge on any atom is -0.364 e. The second-order valence-corrected chi connectivity index (χ2v) is 5.88. The minimum atomic E-state index is -0.827. The van der Waals surface area contributed by atoms with Gasteiger partial charge in [0.1, 0.15) is 0 Å². The maximum atomic E-state index is 11.6. The van der Waals surface area contributed by atoms with Gasteiger partial charge in [-0.2, -0.15) is 5.10 Å². The summed E-state index contributed by atoms with van der Waals surface area (Å²) in [6, 6.07) is 13.8. The van der Waals surface area contributed by atoms with Gasteiger partial charge in [0.25, 0.3) is 5.91 Å². The highest BCUT2D eigenvalue weighted by Gasteiger charge is 2.16. The zero-order valence-electron chi connectivity index (χ0n) is 14.5. The summed E-state index contributed by atoms with van der Waals surface area (Å²) < 4.78 is 1.42. The van der Waals surface area contributed by atoms with E-state index in [-0.39, 0.29) is 17.2 Å². The number of rotatable bonds is 5. The molecule has 27 heavy (non-hydrogen) atoms. The van der Waals surface area contributed by atoms with E-state index >= 15 is 0 Å². The molecule has 0 atom stereocenters. The molecule has 3 rings (SSSR count). The average molecular weight is 363 g/mol. The summed E-state index contributed by atoms with van der Waals surface area (Å²) in [5, 5.41) is 6.46. The zero-order valence-corrected chi connectivity index (χ0v) is 14.5. The predicted octanol–water partition coefficient (Wildman–Crippen LogP) is 2.33. The Hall–Kier alpha value is -3.94. The number of urea groups is 1. The maximum absolute atomic E-state index is 11.6. The van der Waals surface area contributed by atoms with E-state index in [4.69, 9.17) is 11.5 Å². The van der Waals surface area contributed by atoms with E-state index in [0.29, 0.717) is 11.3 Å². The van der Waals surface area contributed by atoms with Gasteiger partial charge >= 0.3 is 6.03 Å². The summed E-state index contributed by atoms with van der Waals surface area (Å²) in [6.45, 7) is 1.51. The number of Topliss-reactive ketones (excluding diaryl/α,β-unsaturated/α-hetero) is 1. The first-order valence-corrected chi connectivity index (χ1v) is 8.03. The molecule has 0 fully saturated rings. The molecule has 0 bridgehead atoms. The number of carbonyl (C=O) groups excluding carboxylic acids is 3. The van der Waals surface area contributed by atoms with Gasteiger partial charge in [-0.25, -0.2) is 9.48 Å². The van der Waals surface area contributed by atoms with E-state index in [0.717, 1.165) is 11.1 Å². The van der Waals surface area contributed by atoms with Crippen LogP contribution in [0.2, 0.25) is 0 Å². The SMILES string of the molecule is CC(=O)c1cccc(-c2cccc(-n3cc(NC(N)=O)c(C(N)=O)n3)c2)c1. The lowest BCUT2D eigenvalue weighted by molar-refractivity contribution is 0.0992. The van der Waals surface area contributed by atoms with Gasteiger partial charge in [-0.3, -0.25) is 9.59 Å². The molecule has 3 aromatic rings. The van der Waals surface area contributed by atoms with Crippen molar-refractivity contribution >= 4 is 23.4 Å². The molecule has 0 aliphatic rings. The van der Waals surface area contributed by atoms with Crippen LogP contribution >= 0.6 is 0 Å². The highest BCUT2D eigenvalue weighted by atomic mass is 16.2. The van der Waals surface area contributed by atoms with Crippen molar-refractivity contribution < 1.29 is 14.4 Å². The van der Waals surface area contributed by atoms with E-state index in [1.807, 2.05) is 30.3 Å². The van der Waals surface area contributed by atoms with Crippen molar-refractivity contribution in [1.82, 2.24) is 9.78 Å². The number of aromatic nitrogens is 2. The normalized spacial score (nSPS) is 10.4. The van der Waals surface area contributed by atoms with Crippen molar-refractivity contribution in [3.8, 4) is 16.8 Å². The van der Waals surface area contributed by atoms with Gasteiger partial charge in [-0.1, -0.05) is 30.3 Å². The van der Waals surface area contributed by atoms with Gasteiger partial charge in [0.2, 0.25) is 0 Å². The fraction of sp³-hybridized carbons (Fsp3) is 0.0526. The van der Waals surface area contributed by atoms with E-state index in [2.05, 4.69) is 10.4 Å². The molecule has 0 radical (unpaired) electrons. The lowest BCUT2D eigenvalue weighted by atomic mass is 10.0. The van der Waals surface area contributed by atoms with Crippen LogP contribution in [0.1, 0.15) is 27.8 Å². The Bertz CT molecular complexity index is 1060. The second-order valence-electron chi connectivity index (χ2n) is 5.88. The van der Waals surface area contributed by atoms with Gasteiger partial charge in [-0.05, 0) is 36.2 Å². The molecule has 3 amide bonds. The quantitative estimate of drug-likeness (QED) is 0.600. The molecule has 0 unspecified atom stereocenters. The molecule has 5 N–H and O–H groups in total. The second kappa shape index (κ2) is 7.12. The highest BCUT2D eigenvalue weighted by Crippen LogP contribution is 2.24. The molecule has 1 aromatic heterocycles. The minimum absolute atomic E-state index is 0.0200. The largest absolute Gasteiger partial charge is 0.364 e. The molecule has 0 aliphatic carbocycles. The Labute approximate surface area is 154 Å². The third-order valence-corrected chi connectivity index (χ3v) is 3.92. The Kier molecular flexibility index (Phi) is 4.71. The van der Waals surface area contributed by atoms with E-state index in [1.54, 1.807) is 18.2 Å². The highest BCUT2D eigenvalue weighted by molar-refractivity contribution is 6.00. The third-order valence-electron chi connectivity index (χ3n) is 3.92. The average Bonchev–Trinajstić information content (AvgIpc) is 3.05.